The molecule has 15 heavy (non-hydrogen) atoms. The number of amides is 1. The Kier molecular flexibility index (Phi) is 2.58. The summed E-state index contributed by atoms with van der Waals surface area (Å²) in [7, 11) is 1.61. The molecule has 0 radical (unpaired) electrons. The number of hydrogen-bond donors (Lipinski definition) is 1. The van der Waals surface area contributed by atoms with Crippen LogP contribution in [0, 0.1) is 6.92 Å². The summed E-state index contributed by atoms with van der Waals surface area (Å²) in [4.78, 5) is 15.7. The van der Waals surface area contributed by atoms with E-state index in [1.165, 1.54) is 0 Å². The molecule has 1 fully saturated rings. The fourth-order valence-electron chi connectivity index (χ4n) is 1.37. The molecule has 4 nitrogen and oxygen atoms in total. The smallest absolute Gasteiger partial charge is 0.254 e. The van der Waals surface area contributed by atoms with Crippen molar-refractivity contribution in [2.75, 3.05) is 7.05 Å². The highest BCUT2D eigenvalue weighted by Crippen LogP contribution is 2.30. The second-order valence-corrected chi connectivity index (χ2v) is 3.67. The molecule has 0 aliphatic heterocycles. The minimum absolute atomic E-state index is 0.129. The number of rotatable bonds is 3. The normalized spacial score (nSPS) is 14.8. The molecule has 0 saturated heterocycles. The first kappa shape index (κ1) is 9.96. The number of ether oxygens (including phenoxy) is 1. The van der Waals surface area contributed by atoms with Gasteiger partial charge in [0.05, 0.1) is 17.4 Å². The number of nitrogens with one attached hydrogen (secondary N) is 1. The lowest BCUT2D eigenvalue weighted by molar-refractivity contribution is 0.0958. The summed E-state index contributed by atoms with van der Waals surface area (Å²) in [5, 5.41) is 2.60. The van der Waals surface area contributed by atoms with Crippen LogP contribution in [0.25, 0.3) is 0 Å². The van der Waals surface area contributed by atoms with E-state index in [0.717, 1.165) is 18.5 Å². The van der Waals surface area contributed by atoms with Crippen molar-refractivity contribution >= 4 is 5.91 Å². The Labute approximate surface area is 88.7 Å². The molecule has 1 aliphatic rings. The van der Waals surface area contributed by atoms with Gasteiger partial charge in [0.1, 0.15) is 0 Å². The van der Waals surface area contributed by atoms with Gasteiger partial charge in [-0.15, -0.1) is 0 Å². The summed E-state index contributed by atoms with van der Waals surface area (Å²) in [6.07, 6.45) is 4.04. The van der Waals surface area contributed by atoms with E-state index in [2.05, 4.69) is 10.3 Å². The highest BCUT2D eigenvalue weighted by atomic mass is 16.5. The number of nitrogens with zero attached hydrogens (tertiary/aromatic N) is 1. The summed E-state index contributed by atoms with van der Waals surface area (Å²) in [5.41, 5.74) is 1.33. The molecule has 1 aliphatic carbocycles. The summed E-state index contributed by atoms with van der Waals surface area (Å²) in [6, 6.07) is 1.68. The quantitative estimate of drug-likeness (QED) is 0.810. The summed E-state index contributed by atoms with van der Waals surface area (Å²) < 4.78 is 5.69. The molecule has 0 atom stereocenters. The maximum absolute atomic E-state index is 11.6. The molecule has 0 aromatic carbocycles. The van der Waals surface area contributed by atoms with Crippen LogP contribution in [-0.2, 0) is 0 Å². The Morgan fingerprint density at radius 1 is 1.60 bits per heavy atom. The zero-order valence-corrected chi connectivity index (χ0v) is 8.91. The molecule has 0 unspecified atom stereocenters. The zero-order chi connectivity index (χ0) is 10.8. The molecule has 1 aromatic rings. The maximum Gasteiger partial charge on any atom is 0.254 e. The van der Waals surface area contributed by atoms with Crippen LogP contribution in [0.3, 0.4) is 0 Å². The van der Waals surface area contributed by atoms with Gasteiger partial charge in [-0.1, -0.05) is 0 Å². The molecule has 1 heterocycles. The minimum Gasteiger partial charge on any atom is -0.488 e. The van der Waals surface area contributed by atoms with Crippen molar-refractivity contribution in [3.63, 3.8) is 0 Å². The zero-order valence-electron chi connectivity index (χ0n) is 8.91. The number of aryl methyl sites for hydroxylation is 1. The standard InChI is InChI=1S/C11H14N2O2/c1-7-10(15-8-3-4-8)9(5-6-13-7)11(14)12-2/h5-6,8H,3-4H2,1-2H3,(H,12,14). The van der Waals surface area contributed by atoms with Crippen LogP contribution in [0.4, 0.5) is 0 Å². The first-order valence-electron chi connectivity index (χ1n) is 5.06. The third kappa shape index (κ3) is 2.09. The van der Waals surface area contributed by atoms with Crippen LogP contribution in [0.1, 0.15) is 28.9 Å². The number of pyridine rings is 1. The summed E-state index contributed by atoms with van der Waals surface area (Å²) in [5.74, 6) is 0.496. The van der Waals surface area contributed by atoms with Gasteiger partial charge in [-0.05, 0) is 25.8 Å². The highest BCUT2D eigenvalue weighted by molar-refractivity contribution is 5.96. The molecule has 4 heteroatoms. The molecule has 2 rings (SSSR count). The largest absolute Gasteiger partial charge is 0.488 e. The van der Waals surface area contributed by atoms with Crippen molar-refractivity contribution in [2.24, 2.45) is 0 Å². The predicted molar refractivity (Wildman–Crippen MR) is 56.0 cm³/mol. The number of carbonyl (C=O) groups is 1. The second-order valence-electron chi connectivity index (χ2n) is 3.67. The van der Waals surface area contributed by atoms with Crippen molar-refractivity contribution in [2.45, 2.75) is 25.9 Å². The molecule has 1 N–H and O–H groups in total. The average Bonchev–Trinajstić information content (AvgIpc) is 3.04. The predicted octanol–water partition coefficient (Wildman–Crippen LogP) is 1.29. The van der Waals surface area contributed by atoms with Crippen LogP contribution in [0.5, 0.6) is 5.75 Å². The van der Waals surface area contributed by atoms with Gasteiger partial charge in [0.25, 0.3) is 5.91 Å². The fourth-order valence-corrected chi connectivity index (χ4v) is 1.37. The fraction of sp³-hybridized carbons (Fsp3) is 0.455. The topological polar surface area (TPSA) is 51.2 Å². The van der Waals surface area contributed by atoms with E-state index in [1.54, 1.807) is 19.3 Å². The van der Waals surface area contributed by atoms with Crippen molar-refractivity contribution < 1.29 is 9.53 Å². The second kappa shape index (κ2) is 3.88. The van der Waals surface area contributed by atoms with Crippen molar-refractivity contribution in [1.29, 1.82) is 0 Å². The SMILES string of the molecule is CNC(=O)c1ccnc(C)c1OC1CC1. The Morgan fingerprint density at radius 3 is 2.93 bits per heavy atom. The van der Waals surface area contributed by atoms with E-state index in [0.29, 0.717) is 11.3 Å². The van der Waals surface area contributed by atoms with Gasteiger partial charge in [-0.3, -0.25) is 9.78 Å². The van der Waals surface area contributed by atoms with Gasteiger partial charge >= 0.3 is 0 Å². The molecule has 0 bridgehead atoms. The number of hydrogen-bond acceptors (Lipinski definition) is 3. The number of carbonyl (C=O) groups excluding carboxylic acids is 1. The third-order valence-electron chi connectivity index (χ3n) is 2.36. The summed E-state index contributed by atoms with van der Waals surface area (Å²) in [6.45, 7) is 1.85. The average molecular weight is 206 g/mol. The van der Waals surface area contributed by atoms with Crippen LogP contribution < -0.4 is 10.1 Å². The van der Waals surface area contributed by atoms with Crippen molar-refractivity contribution in [1.82, 2.24) is 10.3 Å². The van der Waals surface area contributed by atoms with E-state index in [4.69, 9.17) is 4.74 Å². The van der Waals surface area contributed by atoms with Gasteiger partial charge < -0.3 is 10.1 Å². The minimum atomic E-state index is -0.129. The van der Waals surface area contributed by atoms with Crippen LogP contribution in [-0.4, -0.2) is 24.0 Å². The molecular formula is C11H14N2O2. The molecule has 1 saturated carbocycles. The van der Waals surface area contributed by atoms with E-state index in [9.17, 15) is 4.79 Å². The van der Waals surface area contributed by atoms with Crippen LogP contribution in [0.2, 0.25) is 0 Å². The van der Waals surface area contributed by atoms with Gasteiger partial charge in [0, 0.05) is 13.2 Å². The van der Waals surface area contributed by atoms with Crippen molar-refractivity contribution in [3.05, 3.63) is 23.5 Å². The Hall–Kier alpha value is -1.58. The Bertz CT molecular complexity index is 386. The van der Waals surface area contributed by atoms with Gasteiger partial charge in [-0.25, -0.2) is 0 Å². The first-order chi connectivity index (χ1) is 7.22. The monoisotopic (exact) mass is 206 g/mol. The van der Waals surface area contributed by atoms with E-state index < -0.39 is 0 Å². The van der Waals surface area contributed by atoms with E-state index >= 15 is 0 Å². The van der Waals surface area contributed by atoms with E-state index in [1.807, 2.05) is 6.92 Å². The lowest BCUT2D eigenvalue weighted by Crippen LogP contribution is -2.19. The molecule has 1 aromatic heterocycles. The van der Waals surface area contributed by atoms with Crippen LogP contribution in [0.15, 0.2) is 12.3 Å². The molecular weight excluding hydrogens is 192 g/mol. The van der Waals surface area contributed by atoms with Crippen molar-refractivity contribution in [3.8, 4) is 5.75 Å². The Morgan fingerprint density at radius 2 is 2.33 bits per heavy atom. The summed E-state index contributed by atoms with van der Waals surface area (Å²) >= 11 is 0. The maximum atomic E-state index is 11.6. The Balaban J connectivity index is 2.33. The first-order valence-corrected chi connectivity index (χ1v) is 5.06. The lowest BCUT2D eigenvalue weighted by Gasteiger charge is -2.11. The van der Waals surface area contributed by atoms with Gasteiger partial charge in [0.2, 0.25) is 0 Å². The van der Waals surface area contributed by atoms with E-state index in [-0.39, 0.29) is 12.0 Å². The van der Waals surface area contributed by atoms with Crippen LogP contribution >= 0.6 is 0 Å². The molecule has 1 amide bonds. The molecule has 0 spiro atoms. The van der Waals surface area contributed by atoms with Gasteiger partial charge in [-0.2, -0.15) is 0 Å². The highest BCUT2D eigenvalue weighted by Gasteiger charge is 2.26. The van der Waals surface area contributed by atoms with Gasteiger partial charge in [0.15, 0.2) is 5.75 Å². The number of aromatic nitrogens is 1. The lowest BCUT2D eigenvalue weighted by atomic mass is 10.2. The molecule has 80 valence electrons. The third-order valence-corrected chi connectivity index (χ3v) is 2.36.